The van der Waals surface area contributed by atoms with Crippen LogP contribution in [0, 0.1) is 0 Å². The van der Waals surface area contributed by atoms with Crippen LogP contribution in [0.5, 0.6) is 0 Å². The summed E-state index contributed by atoms with van der Waals surface area (Å²) < 4.78 is 1.62. The first-order chi connectivity index (χ1) is 11.5. The molecule has 2 aromatic heterocycles. The smallest absolute Gasteiger partial charge is 0.285 e. The van der Waals surface area contributed by atoms with Crippen molar-refractivity contribution in [1.82, 2.24) is 14.6 Å². The van der Waals surface area contributed by atoms with Crippen LogP contribution in [0.1, 0.15) is 16.1 Å². The quantitative estimate of drug-likeness (QED) is 0.664. The molecule has 0 atom stereocenters. The molecule has 5 nitrogen and oxygen atoms in total. The molecule has 0 radical (unpaired) electrons. The molecule has 3 heterocycles. The van der Waals surface area contributed by atoms with E-state index in [-0.39, 0.29) is 5.91 Å². The van der Waals surface area contributed by atoms with Gasteiger partial charge in [-0.3, -0.25) is 9.80 Å². The van der Waals surface area contributed by atoms with E-state index in [0.29, 0.717) is 22.3 Å². The molecule has 0 spiro atoms. The number of fused-ring (bicyclic) bond motifs is 2. The Morgan fingerprint density at radius 1 is 1.12 bits per heavy atom. The van der Waals surface area contributed by atoms with E-state index in [1.54, 1.807) is 27.9 Å². The van der Waals surface area contributed by atoms with E-state index in [4.69, 9.17) is 23.2 Å². The molecule has 0 unspecified atom stereocenters. The fraction of sp³-hybridized carbons (Fsp3) is 0.176. The van der Waals surface area contributed by atoms with Crippen molar-refractivity contribution in [3.8, 4) is 0 Å². The minimum absolute atomic E-state index is 0.150. The molecule has 1 aliphatic rings. The molecule has 0 bridgehead atoms. The van der Waals surface area contributed by atoms with Crippen molar-refractivity contribution >= 4 is 40.3 Å². The molecule has 122 valence electrons. The molecule has 7 heteroatoms. The summed E-state index contributed by atoms with van der Waals surface area (Å²) in [6.07, 6.45) is 2.46. The van der Waals surface area contributed by atoms with E-state index in [1.807, 2.05) is 36.3 Å². The predicted octanol–water partition coefficient (Wildman–Crippen LogP) is 3.69. The summed E-state index contributed by atoms with van der Waals surface area (Å²) in [5.74, 6) is -0.150. The third kappa shape index (κ3) is 2.50. The molecule has 1 aromatic carbocycles. The van der Waals surface area contributed by atoms with Gasteiger partial charge in [-0.2, -0.15) is 5.10 Å². The number of halogens is 2. The molecule has 0 saturated carbocycles. The van der Waals surface area contributed by atoms with Crippen LogP contribution in [0.25, 0.3) is 5.52 Å². The lowest BCUT2D eigenvalue weighted by atomic mass is 10.1. The van der Waals surface area contributed by atoms with Gasteiger partial charge in [-0.25, -0.2) is 9.52 Å². The number of carbonyl (C=O) groups is 1. The summed E-state index contributed by atoms with van der Waals surface area (Å²) in [5.41, 5.74) is 3.32. The van der Waals surface area contributed by atoms with E-state index in [0.717, 1.165) is 17.6 Å². The van der Waals surface area contributed by atoms with Crippen LogP contribution in [0.2, 0.25) is 10.0 Å². The third-order valence-corrected chi connectivity index (χ3v) is 4.69. The Balaban J connectivity index is 1.68. The highest BCUT2D eigenvalue weighted by Gasteiger charge is 2.28. The van der Waals surface area contributed by atoms with Gasteiger partial charge in [0.05, 0.1) is 16.2 Å². The predicted molar refractivity (Wildman–Crippen MR) is 94.8 cm³/mol. The number of nitrogens with zero attached hydrogens (tertiary/aromatic N) is 4. The fourth-order valence-electron chi connectivity index (χ4n) is 2.99. The minimum Gasteiger partial charge on any atom is -0.285 e. The third-order valence-electron chi connectivity index (χ3n) is 4.23. The number of benzene rings is 1. The van der Waals surface area contributed by atoms with E-state index in [2.05, 4.69) is 5.10 Å². The van der Waals surface area contributed by atoms with Gasteiger partial charge in [0.15, 0.2) is 5.69 Å². The SMILES string of the molecule is CN1c2cc(Cl)ccc2CCN1C(=O)c1cc2ccc(Cl)cn2n1. The maximum Gasteiger partial charge on any atom is 0.292 e. The molecule has 0 saturated heterocycles. The second-order valence-electron chi connectivity index (χ2n) is 5.72. The van der Waals surface area contributed by atoms with Crippen molar-refractivity contribution in [1.29, 1.82) is 0 Å². The van der Waals surface area contributed by atoms with Crippen molar-refractivity contribution < 1.29 is 4.79 Å². The Morgan fingerprint density at radius 3 is 2.75 bits per heavy atom. The minimum atomic E-state index is -0.150. The lowest BCUT2D eigenvalue weighted by Gasteiger charge is -2.38. The summed E-state index contributed by atoms with van der Waals surface area (Å²) in [5, 5.41) is 9.09. The van der Waals surface area contributed by atoms with E-state index in [9.17, 15) is 4.79 Å². The van der Waals surface area contributed by atoms with Crippen LogP contribution in [0.3, 0.4) is 0 Å². The molecular weight excluding hydrogens is 347 g/mol. The second-order valence-corrected chi connectivity index (χ2v) is 6.59. The van der Waals surface area contributed by atoms with Crippen LogP contribution in [-0.2, 0) is 6.42 Å². The standard InChI is InChI=1S/C17H14Cl2N4O/c1-21-16-8-12(18)3-2-11(16)6-7-23(21)17(24)15-9-14-5-4-13(19)10-22(14)20-15/h2-5,8-10H,6-7H2,1H3. The zero-order chi connectivity index (χ0) is 16.8. The molecule has 0 fully saturated rings. The second kappa shape index (κ2) is 5.69. The average molecular weight is 361 g/mol. The molecule has 0 N–H and O–H groups in total. The Hall–Kier alpha value is -2.24. The van der Waals surface area contributed by atoms with Crippen molar-refractivity contribution in [2.45, 2.75) is 6.42 Å². The number of hydrogen-bond acceptors (Lipinski definition) is 3. The maximum absolute atomic E-state index is 12.9. The summed E-state index contributed by atoms with van der Waals surface area (Å²) in [6, 6.07) is 11.1. The van der Waals surface area contributed by atoms with Gasteiger partial charge in [0.1, 0.15) is 0 Å². The first-order valence-electron chi connectivity index (χ1n) is 7.52. The Kier molecular flexibility index (Phi) is 3.62. The normalized spacial score (nSPS) is 14.1. The van der Waals surface area contributed by atoms with Crippen molar-refractivity contribution in [3.63, 3.8) is 0 Å². The number of pyridine rings is 1. The molecular formula is C17H14Cl2N4O. The van der Waals surface area contributed by atoms with Crippen LogP contribution < -0.4 is 5.01 Å². The van der Waals surface area contributed by atoms with Crippen molar-refractivity contribution in [2.24, 2.45) is 0 Å². The molecule has 1 amide bonds. The number of carbonyl (C=O) groups excluding carboxylic acids is 1. The van der Waals surface area contributed by atoms with Gasteiger partial charge in [0.2, 0.25) is 0 Å². The van der Waals surface area contributed by atoms with Crippen LogP contribution in [0.15, 0.2) is 42.6 Å². The van der Waals surface area contributed by atoms with Crippen LogP contribution in [-0.4, -0.2) is 34.1 Å². The van der Waals surface area contributed by atoms with Crippen LogP contribution >= 0.6 is 23.2 Å². The van der Waals surface area contributed by atoms with Crippen molar-refractivity contribution in [2.75, 3.05) is 18.6 Å². The molecule has 4 rings (SSSR count). The van der Waals surface area contributed by atoms with Gasteiger partial charge >= 0.3 is 0 Å². The Bertz CT molecular complexity index is 953. The number of amides is 1. The first-order valence-corrected chi connectivity index (χ1v) is 8.27. The molecule has 0 aliphatic carbocycles. The number of hydrogen-bond donors (Lipinski definition) is 0. The molecule has 1 aliphatic heterocycles. The molecule has 3 aromatic rings. The Morgan fingerprint density at radius 2 is 1.92 bits per heavy atom. The average Bonchev–Trinajstić information content (AvgIpc) is 2.98. The fourth-order valence-corrected chi connectivity index (χ4v) is 3.31. The van der Waals surface area contributed by atoms with Gasteiger partial charge in [-0.05, 0) is 42.3 Å². The van der Waals surface area contributed by atoms with E-state index < -0.39 is 0 Å². The van der Waals surface area contributed by atoms with Gasteiger partial charge < -0.3 is 0 Å². The lowest BCUT2D eigenvalue weighted by molar-refractivity contribution is 0.0732. The van der Waals surface area contributed by atoms with Gasteiger partial charge in [0, 0.05) is 24.8 Å². The first kappa shape index (κ1) is 15.3. The zero-order valence-electron chi connectivity index (χ0n) is 12.9. The van der Waals surface area contributed by atoms with Gasteiger partial charge in [-0.15, -0.1) is 0 Å². The topological polar surface area (TPSA) is 40.9 Å². The maximum atomic E-state index is 12.9. The number of aromatic nitrogens is 2. The number of hydrazine groups is 1. The monoisotopic (exact) mass is 360 g/mol. The summed E-state index contributed by atoms with van der Waals surface area (Å²) in [6.45, 7) is 0.596. The number of rotatable bonds is 1. The zero-order valence-corrected chi connectivity index (χ0v) is 14.4. The highest BCUT2D eigenvalue weighted by atomic mass is 35.5. The lowest BCUT2D eigenvalue weighted by Crippen LogP contribution is -2.48. The summed E-state index contributed by atoms with van der Waals surface area (Å²) in [4.78, 5) is 12.9. The van der Waals surface area contributed by atoms with Gasteiger partial charge in [0.25, 0.3) is 5.91 Å². The van der Waals surface area contributed by atoms with Gasteiger partial charge in [-0.1, -0.05) is 29.3 Å². The summed E-state index contributed by atoms with van der Waals surface area (Å²) in [7, 11) is 1.86. The molecule has 24 heavy (non-hydrogen) atoms. The highest BCUT2D eigenvalue weighted by Crippen LogP contribution is 2.30. The van der Waals surface area contributed by atoms with Crippen LogP contribution in [0.4, 0.5) is 5.69 Å². The van der Waals surface area contributed by atoms with E-state index in [1.165, 1.54) is 5.56 Å². The highest BCUT2D eigenvalue weighted by molar-refractivity contribution is 6.31. The largest absolute Gasteiger partial charge is 0.292 e. The number of anilines is 1. The van der Waals surface area contributed by atoms with Crippen molar-refractivity contribution in [3.05, 3.63) is 63.9 Å². The van der Waals surface area contributed by atoms with E-state index >= 15 is 0 Å². The summed E-state index contributed by atoms with van der Waals surface area (Å²) >= 11 is 12.1. The Labute approximate surface area is 149 Å².